The summed E-state index contributed by atoms with van der Waals surface area (Å²) in [4.78, 5) is 3.35. The second-order valence-corrected chi connectivity index (χ2v) is 5.50. The first-order chi connectivity index (χ1) is 11.5. The van der Waals surface area contributed by atoms with E-state index >= 15 is 0 Å². The molecule has 1 heterocycles. The Morgan fingerprint density at radius 1 is 0.708 bits per heavy atom. The van der Waals surface area contributed by atoms with Crippen LogP contribution in [0.15, 0.2) is 66.7 Å². The Balaban J connectivity index is 1.74. The molecule has 0 fully saturated rings. The van der Waals surface area contributed by atoms with Crippen molar-refractivity contribution in [2.24, 2.45) is 0 Å². The third-order valence-corrected chi connectivity index (χ3v) is 3.93. The molecule has 2 nitrogen and oxygen atoms in total. The molecule has 5 heteroatoms. The van der Waals surface area contributed by atoms with Gasteiger partial charge in [0, 0.05) is 21.8 Å². The minimum absolute atomic E-state index is 0.223. The van der Waals surface area contributed by atoms with Crippen molar-refractivity contribution in [3.05, 3.63) is 66.7 Å². The Kier molecular flexibility index (Phi) is 3.23. The number of benzene rings is 3. The van der Waals surface area contributed by atoms with Crippen LogP contribution in [0.25, 0.3) is 32.9 Å². The molecule has 0 saturated heterocycles. The van der Waals surface area contributed by atoms with Crippen LogP contribution in [0.3, 0.4) is 0 Å². The predicted octanol–water partition coefficient (Wildman–Crippen LogP) is 5.89. The topological polar surface area (TPSA) is 25.0 Å². The molecule has 0 aliphatic rings. The number of H-pyrrole nitrogens is 1. The summed E-state index contributed by atoms with van der Waals surface area (Å²) in [7, 11) is 0. The summed E-state index contributed by atoms with van der Waals surface area (Å²) in [6.07, 6.45) is -4.68. The molecule has 0 unspecified atom stereocenters. The van der Waals surface area contributed by atoms with Crippen molar-refractivity contribution in [1.82, 2.24) is 4.98 Å². The number of aromatic nitrogens is 1. The summed E-state index contributed by atoms with van der Waals surface area (Å²) in [6, 6.07) is 19.8. The minimum atomic E-state index is -4.68. The molecular weight excluding hydrogens is 315 g/mol. The van der Waals surface area contributed by atoms with Gasteiger partial charge < -0.3 is 9.72 Å². The lowest BCUT2D eigenvalue weighted by Crippen LogP contribution is -2.16. The summed E-state index contributed by atoms with van der Waals surface area (Å²) in [5.74, 6) is -0.223. The smallest absolute Gasteiger partial charge is 0.406 e. The van der Waals surface area contributed by atoms with Crippen molar-refractivity contribution >= 4 is 21.8 Å². The largest absolute Gasteiger partial charge is 0.573 e. The van der Waals surface area contributed by atoms with Gasteiger partial charge in [0.1, 0.15) is 5.75 Å². The van der Waals surface area contributed by atoms with Crippen molar-refractivity contribution in [2.75, 3.05) is 0 Å². The summed E-state index contributed by atoms with van der Waals surface area (Å²) in [5.41, 5.74) is 3.85. The molecule has 120 valence electrons. The predicted molar refractivity (Wildman–Crippen MR) is 87.9 cm³/mol. The highest BCUT2D eigenvalue weighted by atomic mass is 19.4. The fourth-order valence-electron chi connectivity index (χ4n) is 2.88. The number of hydrogen-bond acceptors (Lipinski definition) is 1. The number of alkyl halides is 3. The van der Waals surface area contributed by atoms with Crippen LogP contribution in [0.1, 0.15) is 0 Å². The maximum atomic E-state index is 12.2. The van der Waals surface area contributed by atoms with E-state index in [1.807, 2.05) is 42.5 Å². The van der Waals surface area contributed by atoms with Gasteiger partial charge in [0.25, 0.3) is 0 Å². The molecule has 0 atom stereocenters. The van der Waals surface area contributed by atoms with Crippen LogP contribution < -0.4 is 4.74 Å². The average Bonchev–Trinajstić information content (AvgIpc) is 2.92. The van der Waals surface area contributed by atoms with E-state index in [0.717, 1.165) is 32.9 Å². The number of aromatic amines is 1. The molecule has 1 aromatic heterocycles. The number of rotatable bonds is 2. The highest BCUT2D eigenvalue weighted by molar-refractivity contribution is 6.08. The fraction of sp³-hybridized carbons (Fsp3) is 0.0526. The quantitative estimate of drug-likeness (QED) is 0.488. The standard InChI is InChI=1S/C19H12F3NO/c20-19(21,22)24-14-8-5-12(6-9-14)13-7-10-18-16(11-13)15-3-1-2-4-17(15)23-18/h1-11,23H. The number of ether oxygens (including phenoxy) is 1. The van der Waals surface area contributed by atoms with E-state index in [4.69, 9.17) is 0 Å². The molecule has 4 rings (SSSR count). The normalized spacial score (nSPS) is 12.0. The van der Waals surface area contributed by atoms with E-state index in [9.17, 15) is 13.2 Å². The Morgan fingerprint density at radius 2 is 1.38 bits per heavy atom. The molecule has 0 amide bonds. The molecule has 3 aromatic carbocycles. The Bertz CT molecular complexity index is 1020. The van der Waals surface area contributed by atoms with Crippen LogP contribution in [0.5, 0.6) is 5.75 Å². The van der Waals surface area contributed by atoms with E-state index in [1.165, 1.54) is 12.1 Å². The highest BCUT2D eigenvalue weighted by Gasteiger charge is 2.30. The maximum absolute atomic E-state index is 12.2. The van der Waals surface area contributed by atoms with E-state index in [-0.39, 0.29) is 5.75 Å². The van der Waals surface area contributed by atoms with Gasteiger partial charge in [0.15, 0.2) is 0 Å². The summed E-state index contributed by atoms with van der Waals surface area (Å²) < 4.78 is 40.6. The van der Waals surface area contributed by atoms with Gasteiger partial charge in [-0.2, -0.15) is 0 Å². The van der Waals surface area contributed by atoms with Crippen LogP contribution in [0.4, 0.5) is 13.2 Å². The summed E-state index contributed by atoms with van der Waals surface area (Å²) in [6.45, 7) is 0. The van der Waals surface area contributed by atoms with Crippen molar-refractivity contribution in [3.63, 3.8) is 0 Å². The fourth-order valence-corrected chi connectivity index (χ4v) is 2.88. The zero-order valence-electron chi connectivity index (χ0n) is 12.4. The van der Waals surface area contributed by atoms with Crippen molar-refractivity contribution in [2.45, 2.75) is 6.36 Å². The van der Waals surface area contributed by atoms with Gasteiger partial charge in [-0.05, 0) is 41.5 Å². The molecule has 1 N–H and O–H groups in total. The van der Waals surface area contributed by atoms with Gasteiger partial charge in [-0.1, -0.05) is 36.4 Å². The first-order valence-electron chi connectivity index (χ1n) is 7.36. The second-order valence-electron chi connectivity index (χ2n) is 5.50. The van der Waals surface area contributed by atoms with Crippen LogP contribution in [-0.2, 0) is 0 Å². The molecular formula is C19H12F3NO. The van der Waals surface area contributed by atoms with Crippen LogP contribution in [0, 0.1) is 0 Å². The van der Waals surface area contributed by atoms with Crippen molar-refractivity contribution < 1.29 is 17.9 Å². The van der Waals surface area contributed by atoms with Crippen LogP contribution in [-0.4, -0.2) is 11.3 Å². The third kappa shape index (κ3) is 2.69. The van der Waals surface area contributed by atoms with Gasteiger partial charge in [-0.3, -0.25) is 0 Å². The Labute approximate surface area is 135 Å². The Morgan fingerprint density at radius 3 is 2.12 bits per heavy atom. The first-order valence-corrected chi connectivity index (χ1v) is 7.36. The van der Waals surface area contributed by atoms with Crippen molar-refractivity contribution in [1.29, 1.82) is 0 Å². The number of para-hydroxylation sites is 1. The number of hydrogen-bond donors (Lipinski definition) is 1. The SMILES string of the molecule is FC(F)(F)Oc1ccc(-c2ccc3[nH]c4ccccc4c3c2)cc1. The molecule has 0 aliphatic carbocycles. The lowest BCUT2D eigenvalue weighted by molar-refractivity contribution is -0.274. The molecule has 0 saturated carbocycles. The molecule has 0 radical (unpaired) electrons. The highest BCUT2D eigenvalue weighted by Crippen LogP contribution is 2.31. The second kappa shape index (κ2) is 5.30. The molecule has 0 aliphatic heterocycles. The van der Waals surface area contributed by atoms with Gasteiger partial charge in [0.05, 0.1) is 0 Å². The lowest BCUT2D eigenvalue weighted by Gasteiger charge is -2.09. The molecule has 0 spiro atoms. The number of halogens is 3. The lowest BCUT2D eigenvalue weighted by atomic mass is 10.0. The van der Waals surface area contributed by atoms with Crippen LogP contribution in [0.2, 0.25) is 0 Å². The van der Waals surface area contributed by atoms with Gasteiger partial charge in [-0.15, -0.1) is 13.2 Å². The van der Waals surface area contributed by atoms with Gasteiger partial charge in [0.2, 0.25) is 0 Å². The summed E-state index contributed by atoms with van der Waals surface area (Å²) in [5, 5.41) is 2.20. The molecule has 24 heavy (non-hydrogen) atoms. The third-order valence-electron chi connectivity index (χ3n) is 3.93. The van der Waals surface area contributed by atoms with Gasteiger partial charge in [-0.25, -0.2) is 0 Å². The maximum Gasteiger partial charge on any atom is 0.573 e. The Hall–Kier alpha value is -2.95. The van der Waals surface area contributed by atoms with E-state index < -0.39 is 6.36 Å². The zero-order chi connectivity index (χ0) is 16.7. The van der Waals surface area contributed by atoms with Crippen molar-refractivity contribution in [3.8, 4) is 16.9 Å². The number of nitrogens with one attached hydrogen (secondary N) is 1. The molecule has 4 aromatic rings. The number of fused-ring (bicyclic) bond motifs is 3. The minimum Gasteiger partial charge on any atom is -0.406 e. The monoisotopic (exact) mass is 327 g/mol. The van der Waals surface area contributed by atoms with Crippen LogP contribution >= 0.6 is 0 Å². The van der Waals surface area contributed by atoms with E-state index in [0.29, 0.717) is 0 Å². The summed E-state index contributed by atoms with van der Waals surface area (Å²) >= 11 is 0. The van der Waals surface area contributed by atoms with E-state index in [1.54, 1.807) is 12.1 Å². The van der Waals surface area contributed by atoms with Gasteiger partial charge >= 0.3 is 6.36 Å². The van der Waals surface area contributed by atoms with E-state index in [2.05, 4.69) is 9.72 Å². The first kappa shape index (κ1) is 14.6. The zero-order valence-corrected chi connectivity index (χ0v) is 12.4. The average molecular weight is 327 g/mol. The molecule has 0 bridgehead atoms.